The van der Waals surface area contributed by atoms with Gasteiger partial charge in [0.2, 0.25) is 0 Å². The second-order valence-electron chi connectivity index (χ2n) is 2.82. The van der Waals surface area contributed by atoms with Crippen LogP contribution in [0.5, 0.6) is 0 Å². The van der Waals surface area contributed by atoms with Crippen LogP contribution in [-0.2, 0) is 9.53 Å². The molecule has 9 heavy (non-hydrogen) atoms. The molecular formula is C6H11NO2. The van der Waals surface area contributed by atoms with Gasteiger partial charge in [0.05, 0.1) is 7.11 Å². The molecule has 1 heterocycles. The predicted octanol–water partition coefficient (Wildman–Crippen LogP) is -0.0902. The lowest BCUT2D eigenvalue weighted by atomic mass is 10.1. The third-order valence-electron chi connectivity index (χ3n) is 1.59. The van der Waals surface area contributed by atoms with E-state index in [0.717, 1.165) is 0 Å². The number of hydrogen-bond acceptors (Lipinski definition) is 3. The van der Waals surface area contributed by atoms with Gasteiger partial charge in [-0.3, -0.25) is 10.1 Å². The van der Waals surface area contributed by atoms with E-state index < -0.39 is 0 Å². The minimum absolute atomic E-state index is 0.0346. The Hall–Kier alpha value is -0.570. The minimum Gasteiger partial charge on any atom is -0.468 e. The van der Waals surface area contributed by atoms with Gasteiger partial charge in [0.15, 0.2) is 0 Å². The van der Waals surface area contributed by atoms with Gasteiger partial charge >= 0.3 is 5.97 Å². The first-order valence-corrected chi connectivity index (χ1v) is 2.93. The monoisotopic (exact) mass is 129 g/mol. The smallest absolute Gasteiger partial charge is 0.324 e. The minimum atomic E-state index is -0.167. The van der Waals surface area contributed by atoms with Crippen LogP contribution >= 0.6 is 0 Å². The summed E-state index contributed by atoms with van der Waals surface area (Å²) in [5.41, 5.74) is -0.0346. The molecule has 0 radical (unpaired) electrons. The molecule has 1 saturated heterocycles. The van der Waals surface area contributed by atoms with Crippen molar-refractivity contribution in [2.45, 2.75) is 25.4 Å². The summed E-state index contributed by atoms with van der Waals surface area (Å²) in [6, 6.07) is -0.0810. The Kier molecular flexibility index (Phi) is 1.24. The molecule has 0 aliphatic carbocycles. The molecule has 0 amide bonds. The Morgan fingerprint density at radius 3 is 2.22 bits per heavy atom. The van der Waals surface area contributed by atoms with E-state index in [9.17, 15) is 4.79 Å². The maximum absolute atomic E-state index is 10.7. The molecule has 0 bridgehead atoms. The number of carbonyl (C=O) groups excluding carboxylic acids is 1. The number of hydrogen-bond donors (Lipinski definition) is 1. The first-order chi connectivity index (χ1) is 4.08. The van der Waals surface area contributed by atoms with Gasteiger partial charge in [0.25, 0.3) is 0 Å². The van der Waals surface area contributed by atoms with Gasteiger partial charge in [-0.1, -0.05) is 0 Å². The highest BCUT2D eigenvalue weighted by Crippen LogP contribution is 2.25. The fraction of sp³-hybridized carbons (Fsp3) is 0.833. The second-order valence-corrected chi connectivity index (χ2v) is 2.82. The van der Waals surface area contributed by atoms with Crippen LogP contribution in [0.4, 0.5) is 0 Å². The summed E-state index contributed by atoms with van der Waals surface area (Å²) in [5, 5.41) is 2.98. The van der Waals surface area contributed by atoms with E-state index in [1.807, 2.05) is 13.8 Å². The average Bonchev–Trinajstić information content (AvgIpc) is 2.38. The molecular weight excluding hydrogens is 118 g/mol. The topological polar surface area (TPSA) is 48.2 Å². The summed E-state index contributed by atoms with van der Waals surface area (Å²) < 4.78 is 4.51. The first-order valence-electron chi connectivity index (χ1n) is 2.93. The molecule has 0 saturated carbocycles. The van der Waals surface area contributed by atoms with Crippen molar-refractivity contribution >= 4 is 5.97 Å². The van der Waals surface area contributed by atoms with Crippen LogP contribution in [0.25, 0.3) is 0 Å². The zero-order chi connectivity index (χ0) is 7.07. The van der Waals surface area contributed by atoms with Crippen molar-refractivity contribution < 1.29 is 9.53 Å². The molecule has 1 unspecified atom stereocenters. The van der Waals surface area contributed by atoms with Gasteiger partial charge in [-0.05, 0) is 13.8 Å². The van der Waals surface area contributed by atoms with E-state index in [0.29, 0.717) is 0 Å². The molecule has 0 aromatic heterocycles. The van der Waals surface area contributed by atoms with Crippen LogP contribution in [0.15, 0.2) is 0 Å². The van der Waals surface area contributed by atoms with Crippen molar-refractivity contribution in [2.24, 2.45) is 0 Å². The summed E-state index contributed by atoms with van der Waals surface area (Å²) in [5.74, 6) is -0.167. The fourth-order valence-electron chi connectivity index (χ4n) is 0.802. The standard InChI is InChI=1S/C6H11NO2/c1-6(2)4(7-6)5(8)9-3/h4,7H,1-3H3. The van der Waals surface area contributed by atoms with Crippen molar-refractivity contribution in [3.05, 3.63) is 0 Å². The average molecular weight is 129 g/mol. The highest BCUT2D eigenvalue weighted by Gasteiger charge is 2.50. The first kappa shape index (κ1) is 6.55. The van der Waals surface area contributed by atoms with Crippen LogP contribution in [0.3, 0.4) is 0 Å². The van der Waals surface area contributed by atoms with E-state index in [1.54, 1.807) is 0 Å². The Morgan fingerprint density at radius 2 is 2.11 bits per heavy atom. The van der Waals surface area contributed by atoms with E-state index in [2.05, 4.69) is 10.1 Å². The molecule has 3 nitrogen and oxygen atoms in total. The van der Waals surface area contributed by atoms with Gasteiger partial charge in [-0.15, -0.1) is 0 Å². The second kappa shape index (κ2) is 1.70. The van der Waals surface area contributed by atoms with Crippen molar-refractivity contribution in [2.75, 3.05) is 7.11 Å². The largest absolute Gasteiger partial charge is 0.468 e. The summed E-state index contributed by atoms with van der Waals surface area (Å²) in [7, 11) is 1.40. The zero-order valence-corrected chi connectivity index (χ0v) is 5.89. The molecule has 1 atom stereocenters. The molecule has 1 fully saturated rings. The van der Waals surface area contributed by atoms with Crippen molar-refractivity contribution in [1.29, 1.82) is 0 Å². The normalized spacial score (nSPS) is 29.4. The number of methoxy groups -OCH3 is 1. The summed E-state index contributed by atoms with van der Waals surface area (Å²) in [6.45, 7) is 3.93. The molecule has 1 rings (SSSR count). The molecule has 0 spiro atoms. The van der Waals surface area contributed by atoms with Gasteiger partial charge < -0.3 is 4.74 Å². The van der Waals surface area contributed by atoms with Gasteiger partial charge in [-0.25, -0.2) is 0 Å². The molecule has 0 aromatic rings. The maximum Gasteiger partial charge on any atom is 0.324 e. The molecule has 0 aromatic carbocycles. The van der Waals surface area contributed by atoms with Gasteiger partial charge in [0.1, 0.15) is 6.04 Å². The van der Waals surface area contributed by atoms with Crippen LogP contribution in [0.2, 0.25) is 0 Å². The molecule has 1 aliphatic heterocycles. The quantitative estimate of drug-likeness (QED) is 0.397. The molecule has 52 valence electrons. The number of rotatable bonds is 1. The lowest BCUT2D eigenvalue weighted by Crippen LogP contribution is -2.15. The third-order valence-corrected chi connectivity index (χ3v) is 1.59. The SMILES string of the molecule is COC(=O)C1NC1(C)C. The summed E-state index contributed by atoms with van der Waals surface area (Å²) in [6.07, 6.45) is 0. The Morgan fingerprint density at radius 1 is 1.67 bits per heavy atom. The van der Waals surface area contributed by atoms with E-state index >= 15 is 0 Å². The van der Waals surface area contributed by atoms with Crippen LogP contribution in [0, 0.1) is 0 Å². The molecule has 3 heteroatoms. The highest BCUT2D eigenvalue weighted by atomic mass is 16.5. The summed E-state index contributed by atoms with van der Waals surface area (Å²) in [4.78, 5) is 10.7. The molecule has 1 aliphatic rings. The summed E-state index contributed by atoms with van der Waals surface area (Å²) >= 11 is 0. The highest BCUT2D eigenvalue weighted by molar-refractivity contribution is 5.81. The lowest BCUT2D eigenvalue weighted by Gasteiger charge is -1.95. The Balaban J connectivity index is 2.42. The lowest BCUT2D eigenvalue weighted by molar-refractivity contribution is -0.140. The van der Waals surface area contributed by atoms with E-state index in [-0.39, 0.29) is 17.6 Å². The fourth-order valence-corrected chi connectivity index (χ4v) is 0.802. The van der Waals surface area contributed by atoms with Crippen molar-refractivity contribution in [1.82, 2.24) is 5.32 Å². The molecule has 1 N–H and O–H groups in total. The number of carbonyl (C=O) groups is 1. The number of ether oxygens (including phenoxy) is 1. The maximum atomic E-state index is 10.7. The van der Waals surface area contributed by atoms with E-state index in [4.69, 9.17) is 0 Å². The zero-order valence-electron chi connectivity index (χ0n) is 5.89. The van der Waals surface area contributed by atoms with Crippen molar-refractivity contribution in [3.8, 4) is 0 Å². The number of nitrogens with one attached hydrogen (secondary N) is 1. The Bertz CT molecular complexity index is 142. The Labute approximate surface area is 54.4 Å². The number of esters is 1. The van der Waals surface area contributed by atoms with Gasteiger partial charge in [-0.2, -0.15) is 0 Å². The van der Waals surface area contributed by atoms with Crippen LogP contribution in [-0.4, -0.2) is 24.7 Å². The van der Waals surface area contributed by atoms with Gasteiger partial charge in [0, 0.05) is 5.54 Å². The van der Waals surface area contributed by atoms with Crippen LogP contribution < -0.4 is 5.32 Å². The predicted molar refractivity (Wildman–Crippen MR) is 33.0 cm³/mol. The van der Waals surface area contributed by atoms with Crippen molar-refractivity contribution in [3.63, 3.8) is 0 Å². The van der Waals surface area contributed by atoms with E-state index in [1.165, 1.54) is 7.11 Å². The third kappa shape index (κ3) is 1.05. The van der Waals surface area contributed by atoms with Crippen LogP contribution in [0.1, 0.15) is 13.8 Å².